The van der Waals surface area contributed by atoms with Crippen LogP contribution in [-0.2, 0) is 23.2 Å². The summed E-state index contributed by atoms with van der Waals surface area (Å²) < 4.78 is 3.08. The first-order chi connectivity index (χ1) is 13.4. The second kappa shape index (κ2) is 8.50. The molecule has 0 aliphatic rings. The first kappa shape index (κ1) is 20.0. The summed E-state index contributed by atoms with van der Waals surface area (Å²) in [7, 11) is 1.69. The second-order valence-corrected chi connectivity index (χ2v) is 7.02. The second-order valence-electron chi connectivity index (χ2n) is 6.18. The number of anilines is 1. The Morgan fingerprint density at radius 2 is 1.75 bits per heavy atom. The number of carbonyl (C=O) groups excluding carboxylic acids is 2. The van der Waals surface area contributed by atoms with E-state index in [1.807, 2.05) is 24.3 Å². The van der Waals surface area contributed by atoms with Gasteiger partial charge in [0.25, 0.3) is 0 Å². The Bertz CT molecular complexity index is 1100. The third-order valence-corrected chi connectivity index (χ3v) is 4.83. The lowest BCUT2D eigenvalue weighted by Gasteiger charge is -2.09. The van der Waals surface area contributed by atoms with E-state index in [0.29, 0.717) is 15.7 Å². The van der Waals surface area contributed by atoms with Gasteiger partial charge >= 0.3 is 5.69 Å². The number of halogens is 2. The Morgan fingerprint density at radius 3 is 2.50 bits per heavy atom. The van der Waals surface area contributed by atoms with Gasteiger partial charge < -0.3 is 10.6 Å². The molecule has 28 heavy (non-hydrogen) atoms. The summed E-state index contributed by atoms with van der Waals surface area (Å²) in [5, 5.41) is 5.90. The van der Waals surface area contributed by atoms with Crippen LogP contribution in [0.4, 0.5) is 5.69 Å². The third-order valence-electron chi connectivity index (χ3n) is 4.26. The number of nitrogens with one attached hydrogen (secondary N) is 2. The molecule has 0 aliphatic carbocycles. The highest BCUT2D eigenvalue weighted by Crippen LogP contribution is 2.25. The topological polar surface area (TPSA) is 85.1 Å². The van der Waals surface area contributed by atoms with Gasteiger partial charge in [-0.05, 0) is 30.3 Å². The molecule has 3 aromatic rings. The van der Waals surface area contributed by atoms with Crippen LogP contribution in [0.2, 0.25) is 10.0 Å². The largest absolute Gasteiger partial charge is 0.347 e. The molecule has 1 aromatic heterocycles. The van der Waals surface area contributed by atoms with Crippen molar-refractivity contribution in [3.05, 3.63) is 63.0 Å². The highest BCUT2D eigenvalue weighted by Gasteiger charge is 2.12. The number of amides is 2. The van der Waals surface area contributed by atoms with Crippen LogP contribution < -0.4 is 16.3 Å². The Labute approximate surface area is 170 Å². The van der Waals surface area contributed by atoms with Gasteiger partial charge in [-0.25, -0.2) is 4.79 Å². The van der Waals surface area contributed by atoms with E-state index in [0.717, 1.165) is 11.0 Å². The zero-order chi connectivity index (χ0) is 20.3. The smallest absolute Gasteiger partial charge is 0.328 e. The summed E-state index contributed by atoms with van der Waals surface area (Å²) >= 11 is 11.9. The SMILES string of the molecule is Cn1c(=O)n(CCC(=O)NCC(=O)Nc2cc(Cl)ccc2Cl)c2ccccc21. The summed E-state index contributed by atoms with van der Waals surface area (Å²) in [6, 6.07) is 12.1. The molecule has 0 unspecified atom stereocenters. The average Bonchev–Trinajstić information content (AvgIpc) is 2.92. The van der Waals surface area contributed by atoms with Crippen LogP contribution >= 0.6 is 23.2 Å². The molecule has 2 amide bonds. The quantitative estimate of drug-likeness (QED) is 0.642. The van der Waals surface area contributed by atoms with E-state index in [4.69, 9.17) is 23.2 Å². The number of fused-ring (bicyclic) bond motifs is 1. The van der Waals surface area contributed by atoms with E-state index in [9.17, 15) is 14.4 Å². The molecule has 0 spiro atoms. The van der Waals surface area contributed by atoms with Crippen LogP contribution in [0.25, 0.3) is 11.0 Å². The molecule has 1 heterocycles. The minimum absolute atomic E-state index is 0.0686. The fourth-order valence-corrected chi connectivity index (χ4v) is 3.18. The molecular weight excluding hydrogens is 403 g/mol. The van der Waals surface area contributed by atoms with E-state index in [1.165, 1.54) is 10.6 Å². The number of aromatic nitrogens is 2. The molecule has 146 valence electrons. The molecular formula is C19H18Cl2N4O3. The number of hydrogen-bond donors (Lipinski definition) is 2. The van der Waals surface area contributed by atoms with Crippen LogP contribution in [0.3, 0.4) is 0 Å². The van der Waals surface area contributed by atoms with Crippen LogP contribution in [-0.4, -0.2) is 27.5 Å². The van der Waals surface area contributed by atoms with Crippen molar-refractivity contribution in [3.63, 3.8) is 0 Å². The van der Waals surface area contributed by atoms with E-state index in [-0.39, 0.29) is 31.1 Å². The molecule has 2 aromatic carbocycles. The molecule has 0 bridgehead atoms. The van der Waals surface area contributed by atoms with E-state index < -0.39 is 5.91 Å². The summed E-state index contributed by atoms with van der Waals surface area (Å²) in [6.07, 6.45) is 0.0686. The molecule has 9 heteroatoms. The van der Waals surface area contributed by atoms with Gasteiger partial charge in [0.1, 0.15) is 0 Å². The molecule has 0 aliphatic heterocycles. The first-order valence-electron chi connectivity index (χ1n) is 8.52. The Balaban J connectivity index is 1.55. The number of rotatable bonds is 6. The maximum absolute atomic E-state index is 12.3. The van der Waals surface area contributed by atoms with Crippen molar-refractivity contribution in [2.45, 2.75) is 13.0 Å². The molecule has 0 atom stereocenters. The molecule has 0 saturated heterocycles. The van der Waals surface area contributed by atoms with Gasteiger partial charge in [0.15, 0.2) is 0 Å². The molecule has 3 rings (SSSR count). The van der Waals surface area contributed by atoms with Crippen molar-refractivity contribution in [3.8, 4) is 0 Å². The predicted molar refractivity (Wildman–Crippen MR) is 110 cm³/mol. The van der Waals surface area contributed by atoms with Crippen molar-refractivity contribution >= 4 is 51.7 Å². The average molecular weight is 421 g/mol. The Morgan fingerprint density at radius 1 is 1.04 bits per heavy atom. The molecule has 0 saturated carbocycles. The maximum Gasteiger partial charge on any atom is 0.328 e. The normalized spacial score (nSPS) is 10.8. The summed E-state index contributed by atoms with van der Waals surface area (Å²) in [6.45, 7) is -0.000127. The maximum atomic E-state index is 12.3. The number of nitrogens with zero attached hydrogens (tertiary/aromatic N) is 2. The fourth-order valence-electron chi connectivity index (χ4n) is 2.85. The van der Waals surface area contributed by atoms with Gasteiger partial charge in [-0.1, -0.05) is 35.3 Å². The van der Waals surface area contributed by atoms with E-state index in [1.54, 1.807) is 23.7 Å². The molecule has 7 nitrogen and oxygen atoms in total. The summed E-state index contributed by atoms with van der Waals surface area (Å²) in [5.74, 6) is -0.771. The van der Waals surface area contributed by atoms with Crippen LogP contribution in [0.15, 0.2) is 47.3 Å². The predicted octanol–water partition coefficient (Wildman–Crippen LogP) is 2.79. The molecule has 2 N–H and O–H groups in total. The van der Waals surface area contributed by atoms with Crippen molar-refractivity contribution in [1.82, 2.24) is 14.5 Å². The van der Waals surface area contributed by atoms with Gasteiger partial charge in [-0.3, -0.25) is 18.7 Å². The monoisotopic (exact) mass is 420 g/mol. The van der Waals surface area contributed by atoms with Crippen molar-refractivity contribution < 1.29 is 9.59 Å². The Kier molecular flexibility index (Phi) is 6.06. The first-order valence-corrected chi connectivity index (χ1v) is 9.28. The van der Waals surface area contributed by atoms with Gasteiger partial charge in [0.2, 0.25) is 11.8 Å². The van der Waals surface area contributed by atoms with Crippen LogP contribution in [0, 0.1) is 0 Å². The number of para-hydroxylation sites is 2. The summed E-state index contributed by atoms with van der Waals surface area (Å²) in [4.78, 5) is 36.4. The standard InChI is InChI=1S/C19H18Cl2N4O3/c1-24-15-4-2-3-5-16(15)25(19(24)28)9-8-17(26)22-11-18(27)23-14-10-12(20)6-7-13(14)21/h2-7,10H,8-9,11H2,1H3,(H,22,26)(H,23,27). The van der Waals surface area contributed by atoms with E-state index in [2.05, 4.69) is 10.6 Å². The zero-order valence-corrected chi connectivity index (χ0v) is 16.5. The zero-order valence-electron chi connectivity index (χ0n) is 15.0. The van der Waals surface area contributed by atoms with E-state index >= 15 is 0 Å². The van der Waals surface area contributed by atoms with Gasteiger partial charge in [-0.15, -0.1) is 0 Å². The lowest BCUT2D eigenvalue weighted by atomic mass is 10.3. The summed E-state index contributed by atoms with van der Waals surface area (Å²) in [5.41, 5.74) is 1.74. The number of hydrogen-bond acceptors (Lipinski definition) is 3. The highest BCUT2D eigenvalue weighted by molar-refractivity contribution is 6.35. The minimum atomic E-state index is -0.431. The number of carbonyl (C=O) groups is 2. The minimum Gasteiger partial charge on any atom is -0.347 e. The number of benzene rings is 2. The molecule has 0 fully saturated rings. The highest BCUT2D eigenvalue weighted by atomic mass is 35.5. The van der Waals surface area contributed by atoms with Gasteiger partial charge in [-0.2, -0.15) is 0 Å². The van der Waals surface area contributed by atoms with Crippen LogP contribution in [0.1, 0.15) is 6.42 Å². The fraction of sp³-hybridized carbons (Fsp3) is 0.211. The number of aryl methyl sites for hydroxylation is 2. The van der Waals surface area contributed by atoms with Crippen molar-refractivity contribution in [1.29, 1.82) is 0 Å². The number of imidazole rings is 1. The third kappa shape index (κ3) is 4.37. The Hall–Kier alpha value is -2.77. The van der Waals surface area contributed by atoms with Crippen LogP contribution in [0.5, 0.6) is 0 Å². The lowest BCUT2D eigenvalue weighted by molar-refractivity contribution is -0.124. The lowest BCUT2D eigenvalue weighted by Crippen LogP contribution is -2.34. The van der Waals surface area contributed by atoms with Gasteiger partial charge in [0, 0.05) is 25.0 Å². The van der Waals surface area contributed by atoms with Crippen molar-refractivity contribution in [2.75, 3.05) is 11.9 Å². The molecule has 0 radical (unpaired) electrons. The van der Waals surface area contributed by atoms with Gasteiger partial charge in [0.05, 0.1) is 28.3 Å². The van der Waals surface area contributed by atoms with Crippen molar-refractivity contribution in [2.24, 2.45) is 7.05 Å².